The van der Waals surface area contributed by atoms with E-state index in [0.717, 1.165) is 28.3 Å². The maximum Gasteiger partial charge on any atom is 0.348 e. The van der Waals surface area contributed by atoms with Crippen molar-refractivity contribution in [2.75, 3.05) is 23.0 Å². The number of anilines is 2. The Bertz CT molecular complexity index is 1510. The number of thiophene rings is 1. The Morgan fingerprint density at radius 2 is 1.72 bits per heavy atom. The number of esters is 1. The highest BCUT2D eigenvalue weighted by molar-refractivity contribution is 7.99. The van der Waals surface area contributed by atoms with Gasteiger partial charge in [-0.2, -0.15) is 0 Å². The van der Waals surface area contributed by atoms with E-state index in [1.54, 1.807) is 50.2 Å². The van der Waals surface area contributed by atoms with Crippen LogP contribution >= 0.6 is 34.7 Å². The van der Waals surface area contributed by atoms with Gasteiger partial charge in [0.1, 0.15) is 9.88 Å². The zero-order chi connectivity index (χ0) is 27.9. The molecule has 200 valence electrons. The second-order valence-electron chi connectivity index (χ2n) is 8.32. The van der Waals surface area contributed by atoms with Crippen LogP contribution < -0.4 is 10.6 Å². The first-order valence-electron chi connectivity index (χ1n) is 12.0. The van der Waals surface area contributed by atoms with E-state index in [2.05, 4.69) is 20.6 Å². The van der Waals surface area contributed by atoms with Gasteiger partial charge in [0.15, 0.2) is 5.16 Å². The van der Waals surface area contributed by atoms with Crippen LogP contribution in [0.15, 0.2) is 65.8 Å². The molecule has 0 unspecified atom stereocenters. The van der Waals surface area contributed by atoms with Gasteiger partial charge >= 0.3 is 5.97 Å². The Labute approximate surface area is 239 Å². The lowest BCUT2D eigenvalue weighted by Crippen LogP contribution is -2.18. The van der Waals surface area contributed by atoms with E-state index < -0.39 is 11.9 Å². The lowest BCUT2D eigenvalue weighted by molar-refractivity contribution is -0.113. The first-order chi connectivity index (χ1) is 18.7. The van der Waals surface area contributed by atoms with Gasteiger partial charge in [0.25, 0.3) is 5.91 Å². The average molecular weight is 581 g/mol. The Morgan fingerprint density at radius 1 is 1.00 bits per heavy atom. The van der Waals surface area contributed by atoms with E-state index >= 15 is 0 Å². The molecular weight excluding hydrogens is 556 g/mol. The molecule has 0 aliphatic rings. The van der Waals surface area contributed by atoms with Crippen LogP contribution in [0, 0.1) is 13.8 Å². The van der Waals surface area contributed by atoms with E-state index in [9.17, 15) is 14.4 Å². The van der Waals surface area contributed by atoms with Crippen molar-refractivity contribution in [3.63, 3.8) is 0 Å². The second-order valence-corrected chi connectivity index (χ2v) is 10.7. The molecule has 0 saturated carbocycles. The van der Waals surface area contributed by atoms with E-state index in [4.69, 9.17) is 16.3 Å². The van der Waals surface area contributed by atoms with Gasteiger partial charge in [-0.05, 0) is 56.7 Å². The fourth-order valence-electron chi connectivity index (χ4n) is 3.65. The Morgan fingerprint density at radius 3 is 2.41 bits per heavy atom. The molecular formula is C28H25ClN4O4S2. The number of rotatable bonds is 9. The summed E-state index contributed by atoms with van der Waals surface area (Å²) in [5.41, 5.74) is 3.59. The topological polar surface area (TPSA) is 110 Å². The summed E-state index contributed by atoms with van der Waals surface area (Å²) in [4.78, 5) is 48.0. The van der Waals surface area contributed by atoms with Gasteiger partial charge in [0, 0.05) is 22.0 Å². The molecule has 0 spiro atoms. The number of aromatic nitrogens is 2. The Hall–Kier alpha value is -3.73. The van der Waals surface area contributed by atoms with Crippen LogP contribution in [0.25, 0.3) is 11.3 Å². The Balaban J connectivity index is 1.53. The molecule has 2 aromatic heterocycles. The highest BCUT2D eigenvalue weighted by Gasteiger charge is 2.26. The smallest absolute Gasteiger partial charge is 0.348 e. The number of carbonyl (C=O) groups is 3. The molecule has 2 N–H and O–H groups in total. The van der Waals surface area contributed by atoms with Crippen molar-refractivity contribution in [2.45, 2.75) is 25.9 Å². The molecule has 4 rings (SSSR count). The van der Waals surface area contributed by atoms with Crippen LogP contribution in [0.4, 0.5) is 10.7 Å². The van der Waals surface area contributed by atoms with Crippen molar-refractivity contribution in [3.8, 4) is 11.3 Å². The Kier molecular flexibility index (Phi) is 9.34. The molecule has 8 nitrogen and oxygen atoms in total. The van der Waals surface area contributed by atoms with E-state index in [1.807, 2.05) is 31.2 Å². The molecule has 0 aliphatic carbocycles. The number of aryl methyl sites for hydroxylation is 1. The predicted octanol–water partition coefficient (Wildman–Crippen LogP) is 6.64. The zero-order valence-corrected chi connectivity index (χ0v) is 23.8. The third-order valence-corrected chi connectivity index (χ3v) is 7.71. The molecule has 2 amide bonds. The number of nitrogens with zero attached hydrogens (tertiary/aromatic N) is 2. The van der Waals surface area contributed by atoms with Crippen LogP contribution in [0.1, 0.15) is 38.2 Å². The monoisotopic (exact) mass is 580 g/mol. The highest BCUT2D eigenvalue weighted by atomic mass is 35.5. The van der Waals surface area contributed by atoms with Crippen molar-refractivity contribution >= 4 is 63.2 Å². The maximum atomic E-state index is 13.2. The van der Waals surface area contributed by atoms with Gasteiger partial charge in [0.2, 0.25) is 5.91 Å². The second kappa shape index (κ2) is 12.9. The molecule has 11 heteroatoms. The first-order valence-corrected chi connectivity index (χ1v) is 14.1. The number of amides is 2. The number of hydrogen-bond acceptors (Lipinski definition) is 8. The summed E-state index contributed by atoms with van der Waals surface area (Å²) < 4.78 is 5.15. The average Bonchev–Trinajstić information content (AvgIpc) is 3.24. The van der Waals surface area contributed by atoms with Gasteiger partial charge in [-0.15, -0.1) is 11.3 Å². The van der Waals surface area contributed by atoms with Gasteiger partial charge in [-0.25, -0.2) is 14.8 Å². The van der Waals surface area contributed by atoms with Crippen molar-refractivity contribution < 1.29 is 19.1 Å². The number of carbonyl (C=O) groups excluding carboxylic acids is 3. The fourth-order valence-corrected chi connectivity index (χ4v) is 5.59. The number of halogens is 1. The van der Waals surface area contributed by atoms with E-state index in [1.165, 1.54) is 11.8 Å². The van der Waals surface area contributed by atoms with Crippen molar-refractivity contribution in [3.05, 3.63) is 87.4 Å². The van der Waals surface area contributed by atoms with Gasteiger partial charge < -0.3 is 15.4 Å². The molecule has 39 heavy (non-hydrogen) atoms. The first kappa shape index (κ1) is 28.3. The van der Waals surface area contributed by atoms with Crippen molar-refractivity contribution in [1.82, 2.24) is 9.97 Å². The SMILES string of the molecule is CCOC(=O)c1sc(NC(=O)CSc2nc(C)cc(-c3ccc(Cl)cc3)n2)c(C(=O)Nc2ccccc2)c1C. The summed E-state index contributed by atoms with van der Waals surface area (Å²) in [7, 11) is 0. The molecule has 0 aliphatic heterocycles. The lowest BCUT2D eigenvalue weighted by atomic mass is 10.1. The molecule has 0 bridgehead atoms. The number of hydrogen-bond donors (Lipinski definition) is 2. The standard InChI is InChI=1S/C28H25ClN4O4S2/c1-4-37-27(36)24-17(3)23(25(35)31-20-8-6-5-7-9-20)26(39-24)33-22(34)15-38-28-30-16(2)14-21(32-28)18-10-12-19(29)13-11-18/h5-14H,4,15H2,1-3H3,(H,31,35)(H,33,34). The van der Waals surface area contributed by atoms with Crippen molar-refractivity contribution in [2.24, 2.45) is 0 Å². The minimum absolute atomic E-state index is 0.00502. The largest absolute Gasteiger partial charge is 0.462 e. The lowest BCUT2D eigenvalue weighted by Gasteiger charge is -2.09. The molecule has 4 aromatic rings. The zero-order valence-electron chi connectivity index (χ0n) is 21.4. The van der Waals surface area contributed by atoms with Crippen LogP contribution in [0.2, 0.25) is 5.02 Å². The minimum atomic E-state index is -0.550. The number of benzene rings is 2. The maximum absolute atomic E-state index is 13.2. The van der Waals surface area contributed by atoms with Crippen LogP contribution in [0.5, 0.6) is 0 Å². The fraction of sp³-hybridized carbons (Fsp3) is 0.179. The molecule has 0 atom stereocenters. The normalized spacial score (nSPS) is 10.7. The number of ether oxygens (including phenoxy) is 1. The summed E-state index contributed by atoms with van der Waals surface area (Å²) in [6, 6.07) is 18.1. The highest BCUT2D eigenvalue weighted by Crippen LogP contribution is 2.34. The third kappa shape index (κ3) is 7.23. The van der Waals surface area contributed by atoms with Crippen LogP contribution in [-0.2, 0) is 9.53 Å². The molecule has 2 heterocycles. The molecule has 2 aromatic carbocycles. The summed E-state index contributed by atoms with van der Waals surface area (Å²) in [6.07, 6.45) is 0. The summed E-state index contributed by atoms with van der Waals surface area (Å²) in [6.45, 7) is 5.41. The third-order valence-electron chi connectivity index (χ3n) is 5.43. The number of thioether (sulfide) groups is 1. The summed E-state index contributed by atoms with van der Waals surface area (Å²) >= 11 is 8.17. The minimum Gasteiger partial charge on any atom is -0.462 e. The van der Waals surface area contributed by atoms with Gasteiger partial charge in [-0.3, -0.25) is 9.59 Å². The molecule has 0 radical (unpaired) electrons. The van der Waals surface area contributed by atoms with E-state index in [-0.39, 0.29) is 33.7 Å². The number of nitrogens with one attached hydrogen (secondary N) is 2. The van der Waals surface area contributed by atoms with Crippen molar-refractivity contribution in [1.29, 1.82) is 0 Å². The summed E-state index contributed by atoms with van der Waals surface area (Å²) in [5, 5.41) is 6.94. The van der Waals surface area contributed by atoms with Crippen LogP contribution in [-0.4, -0.2) is 40.1 Å². The van der Waals surface area contributed by atoms with Gasteiger partial charge in [-0.1, -0.05) is 53.7 Å². The number of para-hydroxylation sites is 1. The van der Waals surface area contributed by atoms with Crippen LogP contribution in [0.3, 0.4) is 0 Å². The molecule has 0 fully saturated rings. The molecule has 0 saturated heterocycles. The predicted molar refractivity (Wildman–Crippen MR) is 156 cm³/mol. The summed E-state index contributed by atoms with van der Waals surface area (Å²) in [5.74, 6) is -1.37. The van der Waals surface area contributed by atoms with Gasteiger partial charge in [0.05, 0.1) is 23.6 Å². The quantitative estimate of drug-likeness (QED) is 0.130. The van der Waals surface area contributed by atoms with E-state index in [0.29, 0.717) is 21.4 Å².